The van der Waals surface area contributed by atoms with Crippen LogP contribution in [0.5, 0.6) is 0 Å². The second-order valence-corrected chi connectivity index (χ2v) is 9.12. The topological polar surface area (TPSA) is 55.4 Å². The number of sulfone groups is 1. The summed E-state index contributed by atoms with van der Waals surface area (Å²) in [5, 5.41) is 3.39. The average molecular weight is 277 g/mol. The Morgan fingerprint density at radius 3 is 2.33 bits per heavy atom. The first kappa shape index (κ1) is 15.9. The van der Waals surface area contributed by atoms with Gasteiger partial charge in [-0.05, 0) is 27.2 Å². The van der Waals surface area contributed by atoms with Crippen LogP contribution in [0.1, 0.15) is 41.0 Å². The van der Waals surface area contributed by atoms with E-state index in [2.05, 4.69) is 19.2 Å². The van der Waals surface area contributed by atoms with Crippen LogP contribution in [0, 0.1) is 5.41 Å². The van der Waals surface area contributed by atoms with Crippen LogP contribution in [0.25, 0.3) is 0 Å². The van der Waals surface area contributed by atoms with Gasteiger partial charge in [-0.3, -0.25) is 0 Å². The molecule has 1 saturated carbocycles. The Bertz CT molecular complexity index is 387. The Morgan fingerprint density at radius 2 is 1.94 bits per heavy atom. The highest BCUT2D eigenvalue weighted by Crippen LogP contribution is 2.42. The quantitative estimate of drug-likeness (QED) is 0.801. The first-order chi connectivity index (χ1) is 8.02. The average Bonchev–Trinajstić information content (AvgIpc) is 2.20. The number of ether oxygens (including phenoxy) is 1. The van der Waals surface area contributed by atoms with Gasteiger partial charge in [-0.2, -0.15) is 0 Å². The molecule has 0 heterocycles. The summed E-state index contributed by atoms with van der Waals surface area (Å²) in [5.41, 5.74) is 0.0730. The molecule has 1 fully saturated rings. The van der Waals surface area contributed by atoms with Gasteiger partial charge >= 0.3 is 0 Å². The molecule has 0 aliphatic heterocycles. The van der Waals surface area contributed by atoms with Gasteiger partial charge in [-0.15, -0.1) is 0 Å². The molecule has 5 heteroatoms. The zero-order valence-corrected chi connectivity index (χ0v) is 13.2. The van der Waals surface area contributed by atoms with Crippen LogP contribution in [-0.2, 0) is 14.6 Å². The Labute approximate surface area is 111 Å². The van der Waals surface area contributed by atoms with E-state index >= 15 is 0 Å². The molecule has 1 aliphatic carbocycles. The van der Waals surface area contributed by atoms with Gasteiger partial charge in [0.1, 0.15) is 0 Å². The summed E-state index contributed by atoms with van der Waals surface area (Å²) in [6.07, 6.45) is 2.53. The van der Waals surface area contributed by atoms with Crippen molar-refractivity contribution in [1.29, 1.82) is 0 Å². The summed E-state index contributed by atoms with van der Waals surface area (Å²) in [5.74, 6) is 0. The third-order valence-electron chi connectivity index (χ3n) is 4.32. The highest BCUT2D eigenvalue weighted by molar-refractivity contribution is 7.92. The second kappa shape index (κ2) is 5.10. The molecule has 0 aromatic carbocycles. The minimum atomic E-state index is -3.04. The van der Waals surface area contributed by atoms with E-state index in [4.69, 9.17) is 4.74 Å². The fourth-order valence-electron chi connectivity index (χ4n) is 2.22. The van der Waals surface area contributed by atoms with Crippen molar-refractivity contribution in [2.45, 2.75) is 57.9 Å². The molecule has 0 radical (unpaired) electrons. The van der Waals surface area contributed by atoms with Crippen LogP contribution in [0.3, 0.4) is 0 Å². The lowest BCUT2D eigenvalue weighted by atomic mass is 9.64. The van der Waals surface area contributed by atoms with E-state index in [0.29, 0.717) is 12.6 Å². The minimum absolute atomic E-state index is 0.0730. The van der Waals surface area contributed by atoms with E-state index < -0.39 is 14.6 Å². The van der Waals surface area contributed by atoms with Crippen LogP contribution < -0.4 is 5.32 Å². The van der Waals surface area contributed by atoms with Crippen molar-refractivity contribution < 1.29 is 13.2 Å². The lowest BCUT2D eigenvalue weighted by Crippen LogP contribution is -2.62. The van der Waals surface area contributed by atoms with Gasteiger partial charge in [0.25, 0.3) is 0 Å². The molecule has 1 rings (SSSR count). The standard InChI is InChI=1S/C13H27NO3S/c1-7-17-11-8-10(13(11,4)5)14-9-12(2,3)18(6,15)16/h10-11,14H,7-9H2,1-6H3. The third kappa shape index (κ3) is 3.06. The summed E-state index contributed by atoms with van der Waals surface area (Å²) < 4.78 is 28.2. The lowest BCUT2D eigenvalue weighted by Gasteiger charge is -2.52. The summed E-state index contributed by atoms with van der Waals surface area (Å²) in [6.45, 7) is 11.1. The maximum Gasteiger partial charge on any atom is 0.153 e. The molecule has 0 saturated heterocycles. The van der Waals surface area contributed by atoms with Crippen LogP contribution >= 0.6 is 0 Å². The Balaban J connectivity index is 2.53. The van der Waals surface area contributed by atoms with E-state index in [1.54, 1.807) is 13.8 Å². The van der Waals surface area contributed by atoms with Crippen LogP contribution in [0.4, 0.5) is 0 Å². The van der Waals surface area contributed by atoms with E-state index in [9.17, 15) is 8.42 Å². The van der Waals surface area contributed by atoms with Crippen molar-refractivity contribution in [2.75, 3.05) is 19.4 Å². The van der Waals surface area contributed by atoms with Crippen molar-refractivity contribution in [2.24, 2.45) is 5.41 Å². The monoisotopic (exact) mass is 277 g/mol. The molecule has 108 valence electrons. The summed E-state index contributed by atoms with van der Waals surface area (Å²) in [4.78, 5) is 0. The van der Waals surface area contributed by atoms with Gasteiger partial charge in [-0.25, -0.2) is 8.42 Å². The predicted molar refractivity (Wildman–Crippen MR) is 74.5 cm³/mol. The Morgan fingerprint density at radius 1 is 1.39 bits per heavy atom. The van der Waals surface area contributed by atoms with Crippen molar-refractivity contribution in [3.8, 4) is 0 Å². The number of hydrogen-bond donors (Lipinski definition) is 1. The predicted octanol–water partition coefficient (Wildman–Crippen LogP) is 1.60. The van der Waals surface area contributed by atoms with Gasteiger partial charge < -0.3 is 10.1 Å². The van der Waals surface area contributed by atoms with Gasteiger partial charge in [-0.1, -0.05) is 13.8 Å². The molecule has 2 atom stereocenters. The lowest BCUT2D eigenvalue weighted by molar-refractivity contribution is -0.114. The Hall–Kier alpha value is -0.130. The first-order valence-corrected chi connectivity index (χ1v) is 8.46. The van der Waals surface area contributed by atoms with Crippen LogP contribution in [-0.4, -0.2) is 44.7 Å². The van der Waals surface area contributed by atoms with Gasteiger partial charge in [0.2, 0.25) is 0 Å². The van der Waals surface area contributed by atoms with Crippen molar-refractivity contribution in [1.82, 2.24) is 5.32 Å². The molecule has 1 aliphatic rings. The Kier molecular flexibility index (Phi) is 4.51. The third-order valence-corrected chi connectivity index (χ3v) is 6.48. The van der Waals surface area contributed by atoms with Gasteiger partial charge in [0, 0.05) is 30.9 Å². The zero-order chi connectivity index (χ0) is 14.2. The fourth-order valence-corrected chi connectivity index (χ4v) is 2.56. The van der Waals surface area contributed by atoms with Crippen LogP contribution in [0.15, 0.2) is 0 Å². The van der Waals surface area contributed by atoms with E-state index in [1.165, 1.54) is 6.26 Å². The summed E-state index contributed by atoms with van der Waals surface area (Å²) >= 11 is 0. The summed E-state index contributed by atoms with van der Waals surface area (Å²) in [6, 6.07) is 0.329. The molecular weight excluding hydrogens is 250 g/mol. The van der Waals surface area contributed by atoms with Gasteiger partial charge in [0.15, 0.2) is 9.84 Å². The smallest absolute Gasteiger partial charge is 0.153 e. The van der Waals surface area contributed by atoms with Crippen molar-refractivity contribution in [3.05, 3.63) is 0 Å². The molecule has 0 bridgehead atoms. The van der Waals surface area contributed by atoms with E-state index in [-0.39, 0.29) is 11.5 Å². The molecule has 0 aromatic rings. The molecule has 0 amide bonds. The second-order valence-electron chi connectivity index (χ2n) is 6.47. The number of nitrogens with one attached hydrogen (secondary N) is 1. The zero-order valence-electron chi connectivity index (χ0n) is 12.4. The highest BCUT2D eigenvalue weighted by atomic mass is 32.2. The van der Waals surface area contributed by atoms with E-state index in [1.807, 2.05) is 6.92 Å². The first-order valence-electron chi connectivity index (χ1n) is 6.57. The highest BCUT2D eigenvalue weighted by Gasteiger charge is 2.49. The van der Waals surface area contributed by atoms with Gasteiger partial charge in [0.05, 0.1) is 10.9 Å². The number of rotatable bonds is 6. The SMILES string of the molecule is CCOC1CC(NCC(C)(C)S(C)(=O)=O)C1(C)C. The molecule has 0 aromatic heterocycles. The molecular formula is C13H27NO3S. The molecule has 4 nitrogen and oxygen atoms in total. The van der Waals surface area contributed by atoms with Crippen molar-refractivity contribution in [3.63, 3.8) is 0 Å². The van der Waals surface area contributed by atoms with Crippen LogP contribution in [0.2, 0.25) is 0 Å². The largest absolute Gasteiger partial charge is 0.378 e. The maximum atomic E-state index is 11.6. The van der Waals surface area contributed by atoms with Crippen molar-refractivity contribution >= 4 is 9.84 Å². The fraction of sp³-hybridized carbons (Fsp3) is 1.00. The summed E-state index contributed by atoms with van der Waals surface area (Å²) in [7, 11) is -3.04. The number of hydrogen-bond acceptors (Lipinski definition) is 4. The van der Waals surface area contributed by atoms with E-state index in [0.717, 1.165) is 13.0 Å². The maximum absolute atomic E-state index is 11.6. The molecule has 0 spiro atoms. The molecule has 2 unspecified atom stereocenters. The minimum Gasteiger partial charge on any atom is -0.378 e. The molecule has 1 N–H and O–H groups in total. The normalized spacial score (nSPS) is 27.9. The molecule has 18 heavy (non-hydrogen) atoms.